The molecule has 5 nitrogen and oxygen atoms in total. The second kappa shape index (κ2) is 10.4. The van der Waals surface area contributed by atoms with Crippen LogP contribution in [0, 0.1) is 17.7 Å². The number of nitrogens with one attached hydrogen (secondary N) is 1. The summed E-state index contributed by atoms with van der Waals surface area (Å²) < 4.78 is 13.8. The van der Waals surface area contributed by atoms with Gasteiger partial charge in [0.1, 0.15) is 5.82 Å². The summed E-state index contributed by atoms with van der Waals surface area (Å²) in [4.78, 5) is 17.0. The van der Waals surface area contributed by atoms with Gasteiger partial charge in [0, 0.05) is 42.7 Å². The number of benzene rings is 2. The average Bonchev–Trinajstić information content (AvgIpc) is 2.78. The third kappa shape index (κ3) is 5.21. The number of halogens is 1. The standard InChI is InChI=1S/C27H32FN3O2/c1-19(2)29-27(33)30-15-5-6-16-31-24(17-30)26(25(31)18-32)22-13-10-20(11-14-22)9-12-21-7-3-4-8-23(21)28/h3-4,7-8,10-11,13-14,19,24-26,32H,5-6,15-18H2,1-2H3,(H,29,33)/t24-,25+,26+/m0/s1. The van der Waals surface area contributed by atoms with Crippen molar-refractivity contribution in [1.29, 1.82) is 0 Å². The van der Waals surface area contributed by atoms with E-state index < -0.39 is 0 Å². The molecule has 0 saturated carbocycles. The average molecular weight is 450 g/mol. The molecule has 0 bridgehead atoms. The minimum Gasteiger partial charge on any atom is -0.395 e. The van der Waals surface area contributed by atoms with Crippen LogP contribution in [-0.4, -0.2) is 65.3 Å². The van der Waals surface area contributed by atoms with E-state index in [0.29, 0.717) is 12.1 Å². The van der Waals surface area contributed by atoms with E-state index in [1.165, 1.54) is 6.07 Å². The Morgan fingerprint density at radius 3 is 2.55 bits per heavy atom. The molecule has 2 fully saturated rings. The maximum Gasteiger partial charge on any atom is 0.317 e. The Hall–Kier alpha value is -2.88. The van der Waals surface area contributed by atoms with Gasteiger partial charge in [0.05, 0.1) is 12.2 Å². The lowest BCUT2D eigenvalue weighted by Gasteiger charge is -2.57. The van der Waals surface area contributed by atoms with Crippen molar-refractivity contribution in [2.24, 2.45) is 0 Å². The van der Waals surface area contributed by atoms with Crippen molar-refractivity contribution in [1.82, 2.24) is 15.1 Å². The molecule has 33 heavy (non-hydrogen) atoms. The maximum atomic E-state index is 13.8. The van der Waals surface area contributed by atoms with E-state index in [9.17, 15) is 14.3 Å². The number of fused-ring (bicyclic) bond motifs is 1. The summed E-state index contributed by atoms with van der Waals surface area (Å²) in [5.74, 6) is 5.76. The quantitative estimate of drug-likeness (QED) is 0.705. The first-order chi connectivity index (χ1) is 16.0. The molecule has 0 radical (unpaired) electrons. The van der Waals surface area contributed by atoms with Crippen LogP contribution in [0.3, 0.4) is 0 Å². The van der Waals surface area contributed by atoms with Crippen molar-refractivity contribution in [2.75, 3.05) is 26.2 Å². The molecule has 6 heteroatoms. The van der Waals surface area contributed by atoms with Crippen LogP contribution >= 0.6 is 0 Å². The van der Waals surface area contributed by atoms with Crippen molar-refractivity contribution >= 4 is 6.03 Å². The van der Waals surface area contributed by atoms with Crippen molar-refractivity contribution in [3.05, 3.63) is 71.0 Å². The number of carbonyl (C=O) groups excluding carboxylic acids is 1. The molecule has 174 valence electrons. The van der Waals surface area contributed by atoms with Gasteiger partial charge < -0.3 is 15.3 Å². The van der Waals surface area contributed by atoms with E-state index in [2.05, 4.69) is 22.1 Å². The molecule has 2 saturated heterocycles. The number of hydrogen-bond donors (Lipinski definition) is 2. The normalized spacial score (nSPS) is 22.9. The van der Waals surface area contributed by atoms with E-state index in [-0.39, 0.29) is 42.5 Å². The summed E-state index contributed by atoms with van der Waals surface area (Å²) >= 11 is 0. The van der Waals surface area contributed by atoms with Gasteiger partial charge in [0.15, 0.2) is 0 Å². The van der Waals surface area contributed by atoms with E-state index in [1.54, 1.807) is 18.2 Å². The first-order valence-electron chi connectivity index (χ1n) is 11.8. The third-order valence-corrected chi connectivity index (χ3v) is 6.58. The molecule has 0 unspecified atom stereocenters. The van der Waals surface area contributed by atoms with Gasteiger partial charge in [-0.3, -0.25) is 4.90 Å². The molecule has 2 aliphatic heterocycles. The Morgan fingerprint density at radius 2 is 1.85 bits per heavy atom. The van der Waals surface area contributed by atoms with Gasteiger partial charge in [0.25, 0.3) is 0 Å². The molecular weight excluding hydrogens is 417 g/mol. The zero-order valence-corrected chi connectivity index (χ0v) is 19.3. The molecule has 2 aliphatic rings. The smallest absolute Gasteiger partial charge is 0.317 e. The third-order valence-electron chi connectivity index (χ3n) is 6.58. The lowest BCUT2D eigenvalue weighted by Crippen LogP contribution is -2.68. The fraction of sp³-hybridized carbons (Fsp3) is 0.444. The molecule has 2 heterocycles. The Bertz CT molecular complexity index is 1030. The summed E-state index contributed by atoms with van der Waals surface area (Å²) in [6.45, 7) is 6.38. The lowest BCUT2D eigenvalue weighted by molar-refractivity contribution is -0.0591. The molecule has 3 atom stereocenters. The molecule has 0 aromatic heterocycles. The zero-order chi connectivity index (χ0) is 23.4. The number of hydrogen-bond acceptors (Lipinski definition) is 3. The van der Waals surface area contributed by atoms with Crippen molar-refractivity contribution < 1.29 is 14.3 Å². The van der Waals surface area contributed by atoms with Crippen molar-refractivity contribution in [2.45, 2.75) is 50.7 Å². The van der Waals surface area contributed by atoms with Gasteiger partial charge >= 0.3 is 6.03 Å². The molecule has 0 spiro atoms. The molecule has 2 aromatic carbocycles. The van der Waals surface area contributed by atoms with Crippen LogP contribution in [0.25, 0.3) is 0 Å². The minimum absolute atomic E-state index is 0.0168. The van der Waals surface area contributed by atoms with Crippen LogP contribution < -0.4 is 5.32 Å². The second-order valence-electron chi connectivity index (χ2n) is 9.19. The largest absolute Gasteiger partial charge is 0.395 e. The molecule has 2 N–H and O–H groups in total. The Kier molecular flexibility index (Phi) is 7.32. The van der Waals surface area contributed by atoms with Crippen LogP contribution in [-0.2, 0) is 0 Å². The van der Waals surface area contributed by atoms with Crippen LogP contribution in [0.2, 0.25) is 0 Å². The number of aliphatic hydroxyl groups excluding tert-OH is 1. The van der Waals surface area contributed by atoms with E-state index in [0.717, 1.165) is 37.1 Å². The van der Waals surface area contributed by atoms with Gasteiger partial charge in [-0.25, -0.2) is 9.18 Å². The van der Waals surface area contributed by atoms with Crippen LogP contribution in [0.4, 0.5) is 9.18 Å². The van der Waals surface area contributed by atoms with Crippen molar-refractivity contribution in [3.63, 3.8) is 0 Å². The van der Waals surface area contributed by atoms with Crippen LogP contribution in [0.1, 0.15) is 49.3 Å². The molecule has 2 amide bonds. The summed E-state index contributed by atoms with van der Waals surface area (Å²) in [7, 11) is 0. The lowest BCUT2D eigenvalue weighted by atomic mass is 9.74. The summed E-state index contributed by atoms with van der Waals surface area (Å²) in [5, 5.41) is 13.1. The van der Waals surface area contributed by atoms with Crippen LogP contribution in [0.15, 0.2) is 48.5 Å². The highest BCUT2D eigenvalue weighted by Crippen LogP contribution is 2.41. The minimum atomic E-state index is -0.322. The number of carbonyl (C=O) groups is 1. The highest BCUT2D eigenvalue weighted by atomic mass is 19.1. The maximum absolute atomic E-state index is 13.8. The first kappa shape index (κ1) is 23.3. The predicted octanol–water partition coefficient (Wildman–Crippen LogP) is 3.57. The van der Waals surface area contributed by atoms with E-state index in [4.69, 9.17) is 0 Å². The topological polar surface area (TPSA) is 55.8 Å². The predicted molar refractivity (Wildman–Crippen MR) is 127 cm³/mol. The Balaban J connectivity index is 1.52. The first-order valence-corrected chi connectivity index (χ1v) is 11.8. The van der Waals surface area contributed by atoms with Gasteiger partial charge in [-0.2, -0.15) is 0 Å². The monoisotopic (exact) mass is 449 g/mol. The summed E-state index contributed by atoms with van der Waals surface area (Å²) in [6.07, 6.45) is 1.97. The van der Waals surface area contributed by atoms with Crippen LogP contribution in [0.5, 0.6) is 0 Å². The highest BCUT2D eigenvalue weighted by molar-refractivity contribution is 5.74. The molecular formula is C27H32FN3O2. The second-order valence-corrected chi connectivity index (χ2v) is 9.19. The number of amides is 2. The molecule has 4 rings (SSSR count). The van der Waals surface area contributed by atoms with Gasteiger partial charge in [-0.15, -0.1) is 0 Å². The van der Waals surface area contributed by atoms with Crippen molar-refractivity contribution in [3.8, 4) is 11.8 Å². The highest BCUT2D eigenvalue weighted by Gasteiger charge is 2.49. The van der Waals surface area contributed by atoms with Gasteiger partial charge in [-0.1, -0.05) is 36.1 Å². The van der Waals surface area contributed by atoms with E-state index in [1.807, 2.05) is 43.0 Å². The SMILES string of the molecule is CC(C)NC(=O)N1CCCCN2[C@H](CO)[C@H](c3ccc(C#Cc4ccccc4F)cc3)[C@@H]2C1. The number of aliphatic hydroxyl groups is 1. The summed E-state index contributed by atoms with van der Waals surface area (Å²) in [6, 6.07) is 14.8. The summed E-state index contributed by atoms with van der Waals surface area (Å²) in [5.41, 5.74) is 2.33. The number of nitrogens with zero attached hydrogens (tertiary/aromatic N) is 2. The van der Waals surface area contributed by atoms with Gasteiger partial charge in [0.2, 0.25) is 0 Å². The number of urea groups is 1. The molecule has 2 aromatic rings. The Labute approximate surface area is 195 Å². The van der Waals surface area contributed by atoms with Gasteiger partial charge in [-0.05, 0) is 63.1 Å². The number of rotatable bonds is 3. The van der Waals surface area contributed by atoms with E-state index >= 15 is 0 Å². The zero-order valence-electron chi connectivity index (χ0n) is 19.3. The fourth-order valence-electron chi connectivity index (χ4n) is 4.95. The fourth-order valence-corrected chi connectivity index (χ4v) is 4.95. The molecule has 0 aliphatic carbocycles. The Morgan fingerprint density at radius 1 is 1.12 bits per heavy atom.